The monoisotopic (exact) mass is 283 g/mol. The number of benzene rings is 1. The van der Waals surface area contributed by atoms with Gasteiger partial charge in [-0.2, -0.15) is 0 Å². The first-order chi connectivity index (χ1) is 9.09. The van der Waals surface area contributed by atoms with Crippen molar-refractivity contribution in [2.75, 3.05) is 13.1 Å². The smallest absolute Gasteiger partial charge is 0.283 e. The van der Waals surface area contributed by atoms with Gasteiger partial charge in [0.25, 0.3) is 11.6 Å². The quantitative estimate of drug-likeness (QED) is 0.653. The van der Waals surface area contributed by atoms with Crippen molar-refractivity contribution in [3.8, 4) is 0 Å². The maximum absolute atomic E-state index is 12.1. The van der Waals surface area contributed by atoms with Crippen molar-refractivity contribution in [2.24, 2.45) is 0 Å². The number of amides is 1. The van der Waals surface area contributed by atoms with E-state index in [1.54, 1.807) is 0 Å². The number of hydrogen-bond acceptors (Lipinski definition) is 4. The van der Waals surface area contributed by atoms with E-state index < -0.39 is 10.8 Å². The predicted molar refractivity (Wildman–Crippen MR) is 71.5 cm³/mol. The summed E-state index contributed by atoms with van der Waals surface area (Å²) >= 11 is 5.91. The van der Waals surface area contributed by atoms with Crippen LogP contribution in [0.3, 0.4) is 0 Å². The van der Waals surface area contributed by atoms with Gasteiger partial charge in [-0.15, -0.1) is 0 Å². The van der Waals surface area contributed by atoms with Gasteiger partial charge in [0.2, 0.25) is 0 Å². The number of rotatable bonds is 3. The minimum absolute atomic E-state index is 0.0165. The molecule has 0 spiro atoms. The number of carbonyl (C=O) groups excluding carboxylic acids is 1. The zero-order valence-electron chi connectivity index (χ0n) is 10.2. The molecule has 1 aliphatic rings. The average Bonchev–Trinajstić information content (AvgIpc) is 2.39. The molecular formula is C12H14ClN3O3. The Morgan fingerprint density at radius 2 is 2.32 bits per heavy atom. The SMILES string of the molecule is O=C(NC1CCCNC1)c1c(Cl)cccc1[N+](=O)[O-]. The third kappa shape index (κ3) is 3.21. The van der Waals surface area contributed by atoms with Crippen LogP contribution < -0.4 is 10.6 Å². The number of nitrogens with zero attached hydrogens (tertiary/aromatic N) is 1. The van der Waals surface area contributed by atoms with Gasteiger partial charge >= 0.3 is 0 Å². The van der Waals surface area contributed by atoms with Crippen LogP contribution in [0.15, 0.2) is 18.2 Å². The summed E-state index contributed by atoms with van der Waals surface area (Å²) in [4.78, 5) is 22.5. The number of nitrogens with one attached hydrogen (secondary N) is 2. The van der Waals surface area contributed by atoms with Gasteiger partial charge in [0.05, 0.1) is 9.95 Å². The van der Waals surface area contributed by atoms with Crippen LogP contribution in [-0.4, -0.2) is 30.0 Å². The molecular weight excluding hydrogens is 270 g/mol. The molecule has 0 radical (unpaired) electrons. The second kappa shape index (κ2) is 5.99. The van der Waals surface area contributed by atoms with Crippen molar-refractivity contribution in [2.45, 2.75) is 18.9 Å². The Hall–Kier alpha value is -1.66. The van der Waals surface area contributed by atoms with Crippen molar-refractivity contribution < 1.29 is 9.72 Å². The van der Waals surface area contributed by atoms with Crippen molar-refractivity contribution in [1.29, 1.82) is 0 Å². The maximum atomic E-state index is 12.1. The number of carbonyl (C=O) groups is 1. The van der Waals surface area contributed by atoms with Crippen molar-refractivity contribution in [1.82, 2.24) is 10.6 Å². The molecule has 0 aromatic heterocycles. The first-order valence-corrected chi connectivity index (χ1v) is 6.42. The Morgan fingerprint density at radius 3 is 2.95 bits per heavy atom. The molecule has 19 heavy (non-hydrogen) atoms. The van der Waals surface area contributed by atoms with E-state index in [2.05, 4.69) is 10.6 Å². The summed E-state index contributed by atoms with van der Waals surface area (Å²) in [5.41, 5.74) is -0.339. The summed E-state index contributed by atoms with van der Waals surface area (Å²) < 4.78 is 0. The molecule has 6 nitrogen and oxygen atoms in total. The lowest BCUT2D eigenvalue weighted by molar-refractivity contribution is -0.385. The number of nitro groups is 1. The van der Waals surface area contributed by atoms with E-state index in [1.165, 1.54) is 18.2 Å². The molecule has 1 heterocycles. The first kappa shape index (κ1) is 13.8. The molecule has 2 rings (SSSR count). The van der Waals surface area contributed by atoms with Gasteiger partial charge in [-0.25, -0.2) is 0 Å². The Bertz CT molecular complexity index is 501. The highest BCUT2D eigenvalue weighted by Crippen LogP contribution is 2.26. The lowest BCUT2D eigenvalue weighted by atomic mass is 10.1. The number of halogens is 1. The van der Waals surface area contributed by atoms with Crippen molar-refractivity contribution in [3.05, 3.63) is 38.9 Å². The molecule has 1 atom stereocenters. The second-order valence-corrected chi connectivity index (χ2v) is 4.82. The third-order valence-corrected chi connectivity index (χ3v) is 3.36. The fourth-order valence-corrected chi connectivity index (χ4v) is 2.38. The fourth-order valence-electron chi connectivity index (χ4n) is 2.12. The highest BCUT2D eigenvalue weighted by Gasteiger charge is 2.25. The van der Waals surface area contributed by atoms with Gasteiger partial charge in [-0.3, -0.25) is 14.9 Å². The summed E-state index contributed by atoms with van der Waals surface area (Å²) in [6.07, 6.45) is 1.83. The van der Waals surface area contributed by atoms with E-state index in [4.69, 9.17) is 11.6 Å². The predicted octanol–water partition coefficient (Wildman–Crippen LogP) is 1.73. The zero-order valence-corrected chi connectivity index (χ0v) is 10.9. The molecule has 1 aliphatic heterocycles. The Balaban J connectivity index is 2.20. The number of piperidine rings is 1. The first-order valence-electron chi connectivity index (χ1n) is 6.04. The molecule has 0 bridgehead atoms. The highest BCUT2D eigenvalue weighted by atomic mass is 35.5. The van der Waals surface area contributed by atoms with E-state index in [9.17, 15) is 14.9 Å². The highest BCUT2D eigenvalue weighted by molar-refractivity contribution is 6.34. The van der Waals surface area contributed by atoms with Crippen LogP contribution >= 0.6 is 11.6 Å². The van der Waals surface area contributed by atoms with Crippen LogP contribution in [0.2, 0.25) is 5.02 Å². The molecule has 7 heteroatoms. The molecule has 1 unspecified atom stereocenters. The van der Waals surface area contributed by atoms with Crippen molar-refractivity contribution in [3.63, 3.8) is 0 Å². The lowest BCUT2D eigenvalue weighted by Gasteiger charge is -2.23. The van der Waals surface area contributed by atoms with Gasteiger partial charge in [0, 0.05) is 18.7 Å². The summed E-state index contributed by atoms with van der Waals surface area (Å²) in [6, 6.07) is 4.19. The lowest BCUT2D eigenvalue weighted by Crippen LogP contribution is -2.45. The van der Waals surface area contributed by atoms with Gasteiger partial charge in [-0.1, -0.05) is 17.7 Å². The third-order valence-electron chi connectivity index (χ3n) is 3.05. The van der Waals surface area contributed by atoms with Crippen LogP contribution in [0.1, 0.15) is 23.2 Å². The summed E-state index contributed by atoms with van der Waals surface area (Å²) in [6.45, 7) is 1.60. The average molecular weight is 284 g/mol. The molecule has 2 N–H and O–H groups in total. The van der Waals surface area contributed by atoms with E-state index in [-0.39, 0.29) is 22.3 Å². The second-order valence-electron chi connectivity index (χ2n) is 4.41. The number of nitro benzene ring substituents is 1. The van der Waals surface area contributed by atoms with Gasteiger partial charge in [0.1, 0.15) is 5.56 Å². The molecule has 1 fully saturated rings. The molecule has 0 aliphatic carbocycles. The van der Waals surface area contributed by atoms with E-state index >= 15 is 0 Å². The Morgan fingerprint density at radius 1 is 1.53 bits per heavy atom. The van der Waals surface area contributed by atoms with Crippen LogP contribution in [0.5, 0.6) is 0 Å². The van der Waals surface area contributed by atoms with E-state index in [0.717, 1.165) is 19.4 Å². The largest absolute Gasteiger partial charge is 0.348 e. The fraction of sp³-hybridized carbons (Fsp3) is 0.417. The zero-order chi connectivity index (χ0) is 13.8. The molecule has 1 amide bonds. The molecule has 1 saturated heterocycles. The van der Waals surface area contributed by atoms with Crippen LogP contribution in [0.4, 0.5) is 5.69 Å². The van der Waals surface area contributed by atoms with Gasteiger partial charge in [0.15, 0.2) is 0 Å². The maximum Gasteiger partial charge on any atom is 0.283 e. The van der Waals surface area contributed by atoms with Crippen LogP contribution in [-0.2, 0) is 0 Å². The topological polar surface area (TPSA) is 84.3 Å². The Labute approximate surface area is 115 Å². The molecule has 0 saturated carbocycles. The molecule has 1 aromatic rings. The summed E-state index contributed by atoms with van der Waals surface area (Å²) in [7, 11) is 0. The van der Waals surface area contributed by atoms with Crippen LogP contribution in [0, 0.1) is 10.1 Å². The van der Waals surface area contributed by atoms with E-state index in [0.29, 0.717) is 6.54 Å². The normalized spacial score (nSPS) is 18.9. The molecule has 102 valence electrons. The van der Waals surface area contributed by atoms with Crippen molar-refractivity contribution >= 4 is 23.2 Å². The van der Waals surface area contributed by atoms with Gasteiger partial charge < -0.3 is 10.6 Å². The Kier molecular flexibility index (Phi) is 4.34. The van der Waals surface area contributed by atoms with Gasteiger partial charge in [-0.05, 0) is 25.5 Å². The minimum atomic E-state index is -0.597. The van der Waals surface area contributed by atoms with E-state index in [1.807, 2.05) is 0 Å². The summed E-state index contributed by atoms with van der Waals surface area (Å²) in [5.74, 6) is -0.494. The summed E-state index contributed by atoms with van der Waals surface area (Å²) in [5, 5.41) is 17.0. The minimum Gasteiger partial charge on any atom is -0.348 e. The molecule has 1 aromatic carbocycles. The standard InChI is InChI=1S/C12H14ClN3O3/c13-9-4-1-5-10(16(18)19)11(9)12(17)15-8-3-2-6-14-7-8/h1,4-5,8,14H,2-3,6-7H2,(H,15,17). The number of hydrogen-bond donors (Lipinski definition) is 2. The van der Waals surface area contributed by atoms with Crippen LogP contribution in [0.25, 0.3) is 0 Å².